The Hall–Kier alpha value is -1.91. The molecule has 0 fully saturated rings. The number of nitrogen functional groups attached to an aromatic ring is 1. The first-order valence-corrected chi connectivity index (χ1v) is 3.88. The number of ether oxygens (including phenoxy) is 1. The van der Waals surface area contributed by atoms with E-state index in [9.17, 15) is 9.90 Å². The highest BCUT2D eigenvalue weighted by Crippen LogP contribution is 2.35. The number of nitrogens with two attached hydrogens (primary N) is 1. The van der Waals surface area contributed by atoms with Crippen LogP contribution >= 0.6 is 0 Å². The minimum Gasteiger partial charge on any atom is -0.504 e. The van der Waals surface area contributed by atoms with E-state index in [2.05, 4.69) is 0 Å². The van der Waals surface area contributed by atoms with Crippen molar-refractivity contribution >= 4 is 11.7 Å². The molecule has 76 valence electrons. The monoisotopic (exact) mass is 197 g/mol. The molecule has 14 heavy (non-hydrogen) atoms. The second kappa shape index (κ2) is 3.45. The Morgan fingerprint density at radius 1 is 1.57 bits per heavy atom. The molecular weight excluding hydrogens is 186 g/mol. The number of anilines is 1. The standard InChI is InChI=1S/C9H11NO4/c1-4-7(10)5(9(12)13)3-6(11)8(4)14-2/h3,11H,10H2,1-2H3,(H,12,13). The Kier molecular flexibility index (Phi) is 2.51. The van der Waals surface area contributed by atoms with E-state index in [4.69, 9.17) is 15.6 Å². The van der Waals surface area contributed by atoms with Gasteiger partial charge in [-0.25, -0.2) is 4.79 Å². The number of phenols is 1. The summed E-state index contributed by atoms with van der Waals surface area (Å²) in [5.74, 6) is -1.20. The van der Waals surface area contributed by atoms with Crippen LogP contribution in [0.5, 0.6) is 11.5 Å². The van der Waals surface area contributed by atoms with Crippen molar-refractivity contribution in [3.63, 3.8) is 0 Å². The maximum absolute atomic E-state index is 10.7. The number of hydrogen-bond donors (Lipinski definition) is 3. The number of rotatable bonds is 2. The summed E-state index contributed by atoms with van der Waals surface area (Å²) in [4.78, 5) is 10.7. The van der Waals surface area contributed by atoms with Crippen LogP contribution in [0.4, 0.5) is 5.69 Å². The van der Waals surface area contributed by atoms with Gasteiger partial charge in [0.25, 0.3) is 0 Å². The SMILES string of the molecule is COc1c(O)cc(C(=O)O)c(N)c1C. The summed E-state index contributed by atoms with van der Waals surface area (Å²) >= 11 is 0. The van der Waals surface area contributed by atoms with Gasteiger partial charge in [0.2, 0.25) is 0 Å². The summed E-state index contributed by atoms with van der Waals surface area (Å²) in [6, 6.07) is 1.07. The van der Waals surface area contributed by atoms with Gasteiger partial charge in [-0.15, -0.1) is 0 Å². The lowest BCUT2D eigenvalue weighted by atomic mass is 10.1. The van der Waals surface area contributed by atoms with Crippen LogP contribution in [0.2, 0.25) is 0 Å². The zero-order valence-corrected chi connectivity index (χ0v) is 7.87. The molecule has 0 saturated carbocycles. The van der Waals surface area contributed by atoms with E-state index >= 15 is 0 Å². The van der Waals surface area contributed by atoms with E-state index in [-0.39, 0.29) is 22.7 Å². The fraction of sp³-hybridized carbons (Fsp3) is 0.222. The maximum Gasteiger partial charge on any atom is 0.337 e. The van der Waals surface area contributed by atoms with Gasteiger partial charge in [-0.05, 0) is 6.92 Å². The minimum absolute atomic E-state index is 0.104. The lowest BCUT2D eigenvalue weighted by Gasteiger charge is -2.11. The number of carboxylic acid groups (broad SMARTS) is 1. The molecule has 0 heterocycles. The Morgan fingerprint density at radius 2 is 2.14 bits per heavy atom. The number of carbonyl (C=O) groups is 1. The summed E-state index contributed by atoms with van der Waals surface area (Å²) in [5.41, 5.74) is 5.96. The lowest BCUT2D eigenvalue weighted by Crippen LogP contribution is -2.05. The van der Waals surface area contributed by atoms with Crippen LogP contribution in [0.1, 0.15) is 15.9 Å². The third-order valence-electron chi connectivity index (χ3n) is 1.98. The number of hydrogen-bond acceptors (Lipinski definition) is 4. The molecule has 0 atom stereocenters. The van der Waals surface area contributed by atoms with E-state index in [0.29, 0.717) is 5.56 Å². The van der Waals surface area contributed by atoms with Crippen molar-refractivity contribution in [1.29, 1.82) is 0 Å². The average Bonchev–Trinajstić information content (AvgIpc) is 2.12. The summed E-state index contributed by atoms with van der Waals surface area (Å²) < 4.78 is 4.87. The number of methoxy groups -OCH3 is 1. The Morgan fingerprint density at radius 3 is 2.57 bits per heavy atom. The first-order chi connectivity index (χ1) is 6.49. The molecule has 4 N–H and O–H groups in total. The number of aromatic carboxylic acids is 1. The molecule has 0 amide bonds. The molecule has 1 aromatic carbocycles. The molecule has 0 aromatic heterocycles. The van der Waals surface area contributed by atoms with E-state index in [1.54, 1.807) is 6.92 Å². The summed E-state index contributed by atoms with van der Waals surface area (Å²) in [7, 11) is 1.38. The van der Waals surface area contributed by atoms with Crippen molar-refractivity contribution in [2.45, 2.75) is 6.92 Å². The van der Waals surface area contributed by atoms with Crippen molar-refractivity contribution in [2.75, 3.05) is 12.8 Å². The second-order valence-electron chi connectivity index (χ2n) is 2.82. The van der Waals surface area contributed by atoms with Gasteiger partial charge in [-0.2, -0.15) is 0 Å². The topological polar surface area (TPSA) is 92.8 Å². The second-order valence-corrected chi connectivity index (χ2v) is 2.82. The molecule has 1 aromatic rings. The van der Waals surface area contributed by atoms with Gasteiger partial charge in [0.15, 0.2) is 11.5 Å². The van der Waals surface area contributed by atoms with E-state index in [0.717, 1.165) is 6.07 Å². The molecule has 0 saturated heterocycles. The van der Waals surface area contributed by atoms with Gasteiger partial charge in [0, 0.05) is 11.6 Å². The molecule has 0 spiro atoms. The molecule has 0 radical (unpaired) electrons. The first-order valence-electron chi connectivity index (χ1n) is 3.88. The van der Waals surface area contributed by atoms with E-state index in [1.807, 2.05) is 0 Å². The van der Waals surface area contributed by atoms with Gasteiger partial charge in [-0.3, -0.25) is 0 Å². The van der Waals surface area contributed by atoms with E-state index < -0.39 is 5.97 Å². The molecule has 0 bridgehead atoms. The third kappa shape index (κ3) is 1.44. The molecule has 0 aliphatic carbocycles. The summed E-state index contributed by atoms with van der Waals surface area (Å²) in [6.45, 7) is 1.58. The predicted octanol–water partition coefficient (Wildman–Crippen LogP) is 0.990. The van der Waals surface area contributed by atoms with Crippen molar-refractivity contribution in [2.24, 2.45) is 0 Å². The fourth-order valence-corrected chi connectivity index (χ4v) is 1.23. The number of aromatic hydroxyl groups is 1. The van der Waals surface area contributed by atoms with Crippen molar-refractivity contribution in [1.82, 2.24) is 0 Å². The average molecular weight is 197 g/mol. The van der Waals surface area contributed by atoms with Crippen LogP contribution in [-0.2, 0) is 0 Å². The van der Waals surface area contributed by atoms with Crippen LogP contribution in [0.25, 0.3) is 0 Å². The molecule has 1 rings (SSSR count). The van der Waals surface area contributed by atoms with Gasteiger partial charge in [-0.1, -0.05) is 0 Å². The van der Waals surface area contributed by atoms with E-state index in [1.165, 1.54) is 7.11 Å². The van der Waals surface area contributed by atoms with Crippen LogP contribution < -0.4 is 10.5 Å². The zero-order chi connectivity index (χ0) is 10.9. The van der Waals surface area contributed by atoms with Crippen molar-refractivity contribution in [3.8, 4) is 11.5 Å². The highest BCUT2D eigenvalue weighted by molar-refractivity contribution is 5.95. The minimum atomic E-state index is -1.18. The van der Waals surface area contributed by atoms with Gasteiger partial charge in [0.05, 0.1) is 18.4 Å². The Labute approximate surface area is 80.7 Å². The Balaban J connectivity index is 3.47. The third-order valence-corrected chi connectivity index (χ3v) is 1.98. The molecular formula is C9H11NO4. The lowest BCUT2D eigenvalue weighted by molar-refractivity contribution is 0.0697. The summed E-state index contributed by atoms with van der Waals surface area (Å²) in [6.07, 6.45) is 0. The van der Waals surface area contributed by atoms with Gasteiger partial charge in [0.1, 0.15) is 0 Å². The van der Waals surface area contributed by atoms with Crippen LogP contribution in [0, 0.1) is 6.92 Å². The number of phenolic OH excluding ortho intramolecular Hbond substituents is 1. The molecule has 0 unspecified atom stereocenters. The van der Waals surface area contributed by atoms with Gasteiger partial charge >= 0.3 is 5.97 Å². The van der Waals surface area contributed by atoms with Gasteiger partial charge < -0.3 is 20.7 Å². The fourth-order valence-electron chi connectivity index (χ4n) is 1.23. The molecule has 0 aliphatic heterocycles. The first kappa shape index (κ1) is 10.2. The smallest absolute Gasteiger partial charge is 0.337 e. The predicted molar refractivity (Wildman–Crippen MR) is 50.8 cm³/mol. The molecule has 5 nitrogen and oxygen atoms in total. The largest absolute Gasteiger partial charge is 0.504 e. The van der Waals surface area contributed by atoms with Crippen LogP contribution in [-0.4, -0.2) is 23.3 Å². The quantitative estimate of drug-likeness (QED) is 0.485. The molecule has 5 heteroatoms. The van der Waals surface area contributed by atoms with Crippen molar-refractivity contribution in [3.05, 3.63) is 17.2 Å². The number of carboxylic acids is 1. The normalized spacial score (nSPS) is 9.86. The maximum atomic E-state index is 10.7. The zero-order valence-electron chi connectivity index (χ0n) is 7.87. The molecule has 0 aliphatic rings. The highest BCUT2D eigenvalue weighted by Gasteiger charge is 2.17. The number of benzene rings is 1. The van der Waals surface area contributed by atoms with Crippen LogP contribution in [0.3, 0.4) is 0 Å². The summed E-state index contributed by atoms with van der Waals surface area (Å²) in [5, 5.41) is 18.1. The van der Waals surface area contributed by atoms with Crippen molar-refractivity contribution < 1.29 is 19.7 Å². The highest BCUT2D eigenvalue weighted by atomic mass is 16.5. The van der Waals surface area contributed by atoms with Crippen LogP contribution in [0.15, 0.2) is 6.07 Å². The Bertz CT molecular complexity index is 387.